The van der Waals surface area contributed by atoms with Crippen molar-refractivity contribution in [3.63, 3.8) is 0 Å². The molecule has 0 aromatic heterocycles. The Morgan fingerprint density at radius 1 is 1.45 bits per heavy atom. The number of nitrogens with one attached hydrogen (secondary N) is 1. The van der Waals surface area contributed by atoms with Crippen LogP contribution in [0.3, 0.4) is 0 Å². The lowest BCUT2D eigenvalue weighted by molar-refractivity contribution is -0.384. The van der Waals surface area contributed by atoms with Crippen molar-refractivity contribution in [3.05, 3.63) is 31.9 Å². The predicted octanol–water partition coefficient (Wildman–Crippen LogP) is 3.03. The second kappa shape index (κ2) is 7.21. The lowest BCUT2D eigenvalue weighted by atomic mass is 9.97. The normalized spacial score (nSPS) is 16.1. The number of nitro benzene ring substituents is 1. The summed E-state index contributed by atoms with van der Waals surface area (Å²) in [7, 11) is 0. The molecule has 1 aliphatic heterocycles. The Kier molecular flexibility index (Phi) is 5.59. The fourth-order valence-corrected chi connectivity index (χ4v) is 3.16. The first kappa shape index (κ1) is 15.5. The van der Waals surface area contributed by atoms with Gasteiger partial charge in [-0.1, -0.05) is 0 Å². The van der Waals surface area contributed by atoms with Gasteiger partial charge in [0, 0.05) is 22.7 Å². The fourth-order valence-electron chi connectivity index (χ4n) is 2.68. The number of benzene rings is 1. The summed E-state index contributed by atoms with van der Waals surface area (Å²) in [5.74, 6) is 0.620. The van der Waals surface area contributed by atoms with Crippen molar-refractivity contribution >= 4 is 34.0 Å². The van der Waals surface area contributed by atoms with Gasteiger partial charge in [-0.15, -0.1) is 0 Å². The topological polar surface area (TPSA) is 58.4 Å². The summed E-state index contributed by atoms with van der Waals surface area (Å²) in [6.45, 7) is 5.86. The van der Waals surface area contributed by atoms with Crippen LogP contribution in [0.2, 0.25) is 0 Å². The molecule has 1 aliphatic rings. The van der Waals surface area contributed by atoms with Gasteiger partial charge in [0.25, 0.3) is 5.69 Å². The molecule has 5 nitrogen and oxygen atoms in total. The standard InChI is InChI=1S/C14H20IN3O2/c1-2-17(10-11-5-7-16-8-6-11)13-4-3-12(15)9-14(13)18(19)20/h3-4,9,11,16H,2,5-8,10H2,1H3. The zero-order chi connectivity index (χ0) is 14.5. The Morgan fingerprint density at radius 2 is 2.15 bits per heavy atom. The number of nitrogens with zero attached hydrogens (tertiary/aromatic N) is 2. The van der Waals surface area contributed by atoms with E-state index in [1.54, 1.807) is 6.07 Å². The third kappa shape index (κ3) is 3.82. The lowest BCUT2D eigenvalue weighted by Gasteiger charge is -2.30. The molecule has 1 heterocycles. The summed E-state index contributed by atoms with van der Waals surface area (Å²) in [5, 5.41) is 14.6. The summed E-state index contributed by atoms with van der Waals surface area (Å²) in [5.41, 5.74) is 0.962. The van der Waals surface area contributed by atoms with E-state index in [-0.39, 0.29) is 10.6 Å². The van der Waals surface area contributed by atoms with Crippen molar-refractivity contribution in [1.82, 2.24) is 5.32 Å². The minimum atomic E-state index is -0.275. The molecule has 0 unspecified atom stereocenters. The summed E-state index contributed by atoms with van der Waals surface area (Å²) in [4.78, 5) is 13.1. The molecule has 1 N–H and O–H groups in total. The van der Waals surface area contributed by atoms with E-state index >= 15 is 0 Å². The van der Waals surface area contributed by atoms with E-state index in [2.05, 4.69) is 39.7 Å². The molecule has 6 heteroatoms. The zero-order valence-corrected chi connectivity index (χ0v) is 13.8. The van der Waals surface area contributed by atoms with Gasteiger partial charge in [-0.3, -0.25) is 10.1 Å². The van der Waals surface area contributed by atoms with E-state index in [1.165, 1.54) is 0 Å². The van der Waals surface area contributed by atoms with Crippen LogP contribution in [0.4, 0.5) is 11.4 Å². The quantitative estimate of drug-likeness (QED) is 0.478. The molecule has 20 heavy (non-hydrogen) atoms. The number of anilines is 1. The average Bonchev–Trinajstić information content (AvgIpc) is 2.46. The van der Waals surface area contributed by atoms with Crippen LogP contribution in [0.5, 0.6) is 0 Å². The highest BCUT2D eigenvalue weighted by atomic mass is 127. The summed E-state index contributed by atoms with van der Waals surface area (Å²) in [6, 6.07) is 5.47. The first-order chi connectivity index (χ1) is 9.61. The smallest absolute Gasteiger partial charge is 0.293 e. The number of hydrogen-bond donors (Lipinski definition) is 1. The second-order valence-electron chi connectivity index (χ2n) is 5.12. The highest BCUT2D eigenvalue weighted by Gasteiger charge is 2.22. The van der Waals surface area contributed by atoms with Crippen molar-refractivity contribution in [3.8, 4) is 0 Å². The summed E-state index contributed by atoms with van der Waals surface area (Å²) in [6.07, 6.45) is 2.29. The van der Waals surface area contributed by atoms with Gasteiger partial charge in [0.05, 0.1) is 4.92 Å². The van der Waals surface area contributed by atoms with E-state index in [0.29, 0.717) is 5.92 Å². The number of halogens is 1. The minimum absolute atomic E-state index is 0.215. The van der Waals surface area contributed by atoms with Gasteiger partial charge in [0.2, 0.25) is 0 Å². The van der Waals surface area contributed by atoms with Crippen molar-refractivity contribution < 1.29 is 4.92 Å². The number of rotatable bonds is 5. The largest absolute Gasteiger partial charge is 0.366 e. The maximum absolute atomic E-state index is 11.3. The molecule has 1 saturated heterocycles. The molecule has 0 aliphatic carbocycles. The van der Waals surface area contributed by atoms with Gasteiger partial charge in [0.1, 0.15) is 5.69 Å². The van der Waals surface area contributed by atoms with Crippen LogP contribution in [-0.2, 0) is 0 Å². The SMILES string of the molecule is CCN(CC1CCNCC1)c1ccc(I)cc1[N+](=O)[O-]. The second-order valence-corrected chi connectivity index (χ2v) is 6.37. The molecular weight excluding hydrogens is 369 g/mol. The van der Waals surface area contributed by atoms with Crippen molar-refractivity contribution in [2.75, 3.05) is 31.1 Å². The number of hydrogen-bond acceptors (Lipinski definition) is 4. The molecule has 0 spiro atoms. The van der Waals surface area contributed by atoms with Crippen molar-refractivity contribution in [2.45, 2.75) is 19.8 Å². The Morgan fingerprint density at radius 3 is 2.75 bits per heavy atom. The first-order valence-electron chi connectivity index (χ1n) is 7.01. The summed E-state index contributed by atoms with van der Waals surface area (Å²) >= 11 is 2.12. The molecule has 0 bridgehead atoms. The first-order valence-corrected chi connectivity index (χ1v) is 8.09. The van der Waals surface area contributed by atoms with Crippen LogP contribution in [-0.4, -0.2) is 31.1 Å². The monoisotopic (exact) mass is 389 g/mol. The molecule has 110 valence electrons. The predicted molar refractivity (Wildman–Crippen MR) is 89.3 cm³/mol. The van der Waals surface area contributed by atoms with Gasteiger partial charge in [-0.25, -0.2) is 0 Å². The Hall–Kier alpha value is -0.890. The van der Waals surface area contributed by atoms with Gasteiger partial charge in [0.15, 0.2) is 0 Å². The van der Waals surface area contributed by atoms with Gasteiger partial charge in [-0.05, 0) is 73.5 Å². The zero-order valence-electron chi connectivity index (χ0n) is 11.6. The van der Waals surface area contributed by atoms with Crippen molar-refractivity contribution in [1.29, 1.82) is 0 Å². The molecule has 1 aromatic carbocycles. The molecule has 0 saturated carbocycles. The molecule has 1 aromatic rings. The number of nitro groups is 1. The average molecular weight is 389 g/mol. The molecular formula is C14H20IN3O2. The van der Waals surface area contributed by atoms with E-state index in [0.717, 1.165) is 48.3 Å². The highest BCUT2D eigenvalue weighted by Crippen LogP contribution is 2.31. The molecule has 0 radical (unpaired) electrons. The Labute approximate surface area is 133 Å². The van der Waals surface area contributed by atoms with E-state index in [1.807, 2.05) is 12.1 Å². The van der Waals surface area contributed by atoms with Crippen molar-refractivity contribution in [2.24, 2.45) is 5.92 Å². The van der Waals surface area contributed by atoms with Crippen LogP contribution in [0, 0.1) is 19.6 Å². The van der Waals surface area contributed by atoms with Crippen LogP contribution < -0.4 is 10.2 Å². The van der Waals surface area contributed by atoms with Crippen LogP contribution in [0.1, 0.15) is 19.8 Å². The molecule has 1 fully saturated rings. The van der Waals surface area contributed by atoms with Gasteiger partial charge < -0.3 is 10.2 Å². The molecule has 0 amide bonds. The van der Waals surface area contributed by atoms with Crippen LogP contribution in [0.15, 0.2) is 18.2 Å². The van der Waals surface area contributed by atoms with Gasteiger partial charge in [-0.2, -0.15) is 0 Å². The number of piperidine rings is 1. The molecule has 2 rings (SSSR count). The maximum atomic E-state index is 11.3. The maximum Gasteiger partial charge on any atom is 0.293 e. The Bertz CT molecular complexity index is 475. The van der Waals surface area contributed by atoms with Crippen LogP contribution >= 0.6 is 22.6 Å². The highest BCUT2D eigenvalue weighted by molar-refractivity contribution is 14.1. The van der Waals surface area contributed by atoms with Crippen LogP contribution in [0.25, 0.3) is 0 Å². The lowest BCUT2D eigenvalue weighted by Crippen LogP contribution is -2.36. The third-order valence-electron chi connectivity index (χ3n) is 3.79. The minimum Gasteiger partial charge on any atom is -0.366 e. The summed E-state index contributed by atoms with van der Waals surface area (Å²) < 4.78 is 0.899. The molecule has 0 atom stereocenters. The third-order valence-corrected chi connectivity index (χ3v) is 4.46. The van der Waals surface area contributed by atoms with E-state index in [9.17, 15) is 10.1 Å². The van der Waals surface area contributed by atoms with E-state index in [4.69, 9.17) is 0 Å². The fraction of sp³-hybridized carbons (Fsp3) is 0.571. The van der Waals surface area contributed by atoms with E-state index < -0.39 is 0 Å². The van der Waals surface area contributed by atoms with Gasteiger partial charge >= 0.3 is 0 Å². The Balaban J connectivity index is 2.19.